The summed E-state index contributed by atoms with van der Waals surface area (Å²) in [4.78, 5) is 4.64. The van der Waals surface area contributed by atoms with Crippen LogP contribution in [0.3, 0.4) is 0 Å². The minimum absolute atomic E-state index is 0.169. The molecule has 0 aromatic carbocycles. The lowest BCUT2D eigenvalue weighted by Crippen LogP contribution is -2.25. The van der Waals surface area contributed by atoms with E-state index in [1.807, 2.05) is 12.3 Å². The predicted octanol–water partition coefficient (Wildman–Crippen LogP) is 4.57. The average Bonchev–Trinajstić information content (AvgIpc) is 2.97. The van der Waals surface area contributed by atoms with Crippen LogP contribution in [0, 0.1) is 12.8 Å². The molecule has 0 spiro atoms. The number of nitrogens with one attached hydrogen (secondary N) is 1. The molecule has 3 N–H and O–H groups in total. The molecule has 0 amide bonds. The molecule has 2 aliphatic carbocycles. The van der Waals surface area contributed by atoms with Gasteiger partial charge in [-0.2, -0.15) is 5.10 Å². The van der Waals surface area contributed by atoms with Gasteiger partial charge in [0.15, 0.2) is 0 Å². The number of rotatable bonds is 7. The fraction of sp³-hybridized carbons (Fsp3) is 0.739. The van der Waals surface area contributed by atoms with Gasteiger partial charge in [-0.1, -0.05) is 32.1 Å². The molecule has 2 unspecified atom stereocenters. The van der Waals surface area contributed by atoms with Crippen molar-refractivity contribution in [3.8, 4) is 0 Å². The van der Waals surface area contributed by atoms with Crippen LogP contribution in [0.2, 0.25) is 0 Å². The Labute approximate surface area is 182 Å². The zero-order valence-electron chi connectivity index (χ0n) is 18.6. The molecular formula is C23H38N4O2S. The lowest BCUT2D eigenvalue weighted by molar-refractivity contribution is 0.435. The fourth-order valence-electron chi connectivity index (χ4n) is 5.13. The van der Waals surface area contributed by atoms with E-state index < -0.39 is 9.84 Å². The molecule has 2 fully saturated rings. The molecule has 1 aromatic rings. The molecule has 1 aromatic heterocycles. The van der Waals surface area contributed by atoms with Crippen LogP contribution in [0.1, 0.15) is 88.2 Å². The molecule has 30 heavy (non-hydrogen) atoms. The summed E-state index contributed by atoms with van der Waals surface area (Å²) in [7, 11) is -2.94. The lowest BCUT2D eigenvalue weighted by Gasteiger charge is -2.25. The zero-order chi connectivity index (χ0) is 21.6. The Bertz CT molecular complexity index is 832. The van der Waals surface area contributed by atoms with Gasteiger partial charge < -0.3 is 11.2 Å². The third kappa shape index (κ3) is 6.19. The van der Waals surface area contributed by atoms with Gasteiger partial charge in [0.2, 0.25) is 0 Å². The van der Waals surface area contributed by atoms with Gasteiger partial charge in [-0.3, -0.25) is 0 Å². The highest BCUT2D eigenvalue weighted by Gasteiger charge is 2.26. The molecule has 2 aliphatic rings. The summed E-state index contributed by atoms with van der Waals surface area (Å²) in [5.41, 5.74) is 3.10. The Morgan fingerprint density at radius 2 is 1.90 bits per heavy atom. The van der Waals surface area contributed by atoms with Crippen LogP contribution in [0.15, 0.2) is 17.4 Å². The molecule has 0 aliphatic heterocycles. The second kappa shape index (κ2) is 10.6. The third-order valence-corrected chi connectivity index (χ3v) is 8.66. The van der Waals surface area contributed by atoms with Crippen molar-refractivity contribution < 1.29 is 8.42 Å². The number of anilines is 1. The van der Waals surface area contributed by atoms with E-state index in [1.165, 1.54) is 38.4 Å². The minimum Gasteiger partial charge on any atom is -0.367 e. The maximum atomic E-state index is 11.9. The molecule has 168 valence electrons. The van der Waals surface area contributed by atoms with Crippen LogP contribution in [0.4, 0.5) is 5.82 Å². The number of nitrogens with two attached hydrogens (primary N) is 1. The van der Waals surface area contributed by atoms with Crippen molar-refractivity contribution in [3.05, 3.63) is 23.4 Å². The SMILES string of the molecule is Cc1ccnc(NC2CCCCC2)c1C(CCC1CCCC(S(C)(=O)=O)CC1)=NN. The number of pyridine rings is 1. The van der Waals surface area contributed by atoms with E-state index in [9.17, 15) is 8.42 Å². The quantitative estimate of drug-likeness (QED) is 0.283. The number of aryl methyl sites for hydroxylation is 1. The molecule has 6 nitrogen and oxygen atoms in total. The topological polar surface area (TPSA) is 97.4 Å². The van der Waals surface area contributed by atoms with Crippen molar-refractivity contribution in [3.63, 3.8) is 0 Å². The van der Waals surface area contributed by atoms with Gasteiger partial charge in [-0.15, -0.1) is 0 Å². The van der Waals surface area contributed by atoms with Gasteiger partial charge in [-0.25, -0.2) is 13.4 Å². The second-order valence-electron chi connectivity index (χ2n) is 9.27. The highest BCUT2D eigenvalue weighted by molar-refractivity contribution is 7.91. The van der Waals surface area contributed by atoms with E-state index in [2.05, 4.69) is 22.3 Å². The Morgan fingerprint density at radius 3 is 2.60 bits per heavy atom. The van der Waals surface area contributed by atoms with Crippen molar-refractivity contribution in [1.82, 2.24) is 4.98 Å². The average molecular weight is 435 g/mol. The number of sulfone groups is 1. The van der Waals surface area contributed by atoms with Gasteiger partial charge >= 0.3 is 0 Å². The number of hydrogen-bond donors (Lipinski definition) is 2. The van der Waals surface area contributed by atoms with Crippen molar-refractivity contribution in [1.29, 1.82) is 0 Å². The van der Waals surface area contributed by atoms with Crippen molar-refractivity contribution in [2.24, 2.45) is 16.9 Å². The Hall–Kier alpha value is -1.63. The maximum absolute atomic E-state index is 11.9. The third-order valence-electron chi connectivity index (χ3n) is 6.98. The first kappa shape index (κ1) is 23.0. The summed E-state index contributed by atoms with van der Waals surface area (Å²) in [5, 5.41) is 7.67. The summed E-state index contributed by atoms with van der Waals surface area (Å²) in [6.45, 7) is 2.09. The van der Waals surface area contributed by atoms with Crippen molar-refractivity contribution in [2.45, 2.75) is 95.3 Å². The van der Waals surface area contributed by atoms with Gasteiger partial charge in [-0.05, 0) is 69.4 Å². The van der Waals surface area contributed by atoms with Crippen LogP contribution in [-0.2, 0) is 9.84 Å². The number of nitrogens with zero attached hydrogens (tertiary/aromatic N) is 2. The smallest absolute Gasteiger partial charge is 0.150 e. The van der Waals surface area contributed by atoms with E-state index in [0.29, 0.717) is 12.0 Å². The van der Waals surface area contributed by atoms with E-state index in [4.69, 9.17) is 5.84 Å². The van der Waals surface area contributed by atoms with Crippen LogP contribution < -0.4 is 11.2 Å². The van der Waals surface area contributed by atoms with Crippen LogP contribution >= 0.6 is 0 Å². The van der Waals surface area contributed by atoms with Gasteiger partial charge in [0, 0.05) is 24.1 Å². The normalized spacial score (nSPS) is 24.4. The highest BCUT2D eigenvalue weighted by atomic mass is 32.2. The maximum Gasteiger partial charge on any atom is 0.150 e. The fourth-order valence-corrected chi connectivity index (χ4v) is 6.29. The van der Waals surface area contributed by atoms with Gasteiger partial charge in [0.05, 0.1) is 11.0 Å². The van der Waals surface area contributed by atoms with Gasteiger partial charge in [0.25, 0.3) is 0 Å². The number of hydrazone groups is 1. The van der Waals surface area contributed by atoms with E-state index in [1.54, 1.807) is 0 Å². The van der Waals surface area contributed by atoms with E-state index in [0.717, 1.165) is 67.6 Å². The first-order valence-corrected chi connectivity index (χ1v) is 13.5. The first-order valence-electron chi connectivity index (χ1n) is 11.6. The highest BCUT2D eigenvalue weighted by Crippen LogP contribution is 2.31. The van der Waals surface area contributed by atoms with Crippen LogP contribution in [0.25, 0.3) is 0 Å². The van der Waals surface area contributed by atoms with Crippen molar-refractivity contribution >= 4 is 21.4 Å². The summed E-state index contributed by atoms with van der Waals surface area (Å²) in [6.07, 6.45) is 15.9. The van der Waals surface area contributed by atoms with E-state index >= 15 is 0 Å². The number of hydrogen-bond acceptors (Lipinski definition) is 6. The zero-order valence-corrected chi connectivity index (χ0v) is 19.4. The molecule has 0 bridgehead atoms. The summed E-state index contributed by atoms with van der Waals surface area (Å²) >= 11 is 0. The molecule has 2 saturated carbocycles. The molecule has 2 atom stereocenters. The largest absolute Gasteiger partial charge is 0.367 e. The Morgan fingerprint density at radius 1 is 1.13 bits per heavy atom. The minimum atomic E-state index is -2.94. The first-order chi connectivity index (χ1) is 14.4. The Kier molecular flexibility index (Phi) is 8.14. The second-order valence-corrected chi connectivity index (χ2v) is 11.6. The van der Waals surface area contributed by atoms with E-state index in [-0.39, 0.29) is 5.25 Å². The van der Waals surface area contributed by atoms with Crippen LogP contribution in [-0.4, -0.2) is 36.7 Å². The number of aromatic nitrogens is 1. The van der Waals surface area contributed by atoms with Crippen LogP contribution in [0.5, 0.6) is 0 Å². The molecule has 1 heterocycles. The standard InChI is InChI=1S/C23H38N4O2S/c1-17-15-16-25-23(26-19-8-4-3-5-9-19)22(17)21(27-24)14-12-18-7-6-10-20(13-11-18)30(2,28)29/h15-16,18-20H,3-14,24H2,1-2H3,(H,25,26). The summed E-state index contributed by atoms with van der Waals surface area (Å²) in [5.74, 6) is 7.29. The molecule has 0 radical (unpaired) electrons. The predicted molar refractivity (Wildman–Crippen MR) is 125 cm³/mol. The molecule has 3 rings (SSSR count). The Balaban J connectivity index is 1.66. The summed E-state index contributed by atoms with van der Waals surface area (Å²) in [6, 6.07) is 2.50. The molecule has 7 heteroatoms. The van der Waals surface area contributed by atoms with Crippen molar-refractivity contribution in [2.75, 3.05) is 11.6 Å². The molecule has 0 saturated heterocycles. The monoisotopic (exact) mass is 434 g/mol. The molecular weight excluding hydrogens is 396 g/mol. The lowest BCUT2D eigenvalue weighted by atomic mass is 9.91. The van der Waals surface area contributed by atoms with Gasteiger partial charge in [0.1, 0.15) is 15.7 Å². The summed E-state index contributed by atoms with van der Waals surface area (Å²) < 4.78 is 23.9.